The van der Waals surface area contributed by atoms with E-state index < -0.39 is 17.5 Å². The van der Waals surface area contributed by atoms with E-state index in [0.717, 1.165) is 25.0 Å². The molecule has 1 N–H and O–H groups in total. The third-order valence-corrected chi connectivity index (χ3v) is 2.71. The Morgan fingerprint density at radius 2 is 2.06 bits per heavy atom. The molecule has 0 aromatic heterocycles. The SMILES string of the molecule is C=C(C=CC(=O)O)C(=O)OC1(CCOCC)CC1. The van der Waals surface area contributed by atoms with Crippen molar-refractivity contribution in [3.05, 3.63) is 24.3 Å². The van der Waals surface area contributed by atoms with Crippen LogP contribution in [0.1, 0.15) is 26.2 Å². The summed E-state index contributed by atoms with van der Waals surface area (Å²) in [4.78, 5) is 21.9. The minimum Gasteiger partial charge on any atom is -0.478 e. The number of carbonyl (C=O) groups excluding carboxylic acids is 1. The second kappa shape index (κ2) is 6.35. The lowest BCUT2D eigenvalue weighted by Crippen LogP contribution is -2.22. The molecule has 1 saturated carbocycles. The Morgan fingerprint density at radius 1 is 1.39 bits per heavy atom. The first-order valence-electron chi connectivity index (χ1n) is 5.90. The highest BCUT2D eigenvalue weighted by atomic mass is 16.6. The van der Waals surface area contributed by atoms with Crippen molar-refractivity contribution in [2.24, 2.45) is 0 Å². The van der Waals surface area contributed by atoms with Crippen molar-refractivity contribution >= 4 is 11.9 Å². The lowest BCUT2D eigenvalue weighted by molar-refractivity contribution is -0.147. The molecule has 0 aliphatic heterocycles. The van der Waals surface area contributed by atoms with E-state index in [-0.39, 0.29) is 5.57 Å². The second-order valence-corrected chi connectivity index (χ2v) is 4.22. The van der Waals surface area contributed by atoms with Crippen LogP contribution in [0.5, 0.6) is 0 Å². The van der Waals surface area contributed by atoms with Gasteiger partial charge in [-0.1, -0.05) is 6.58 Å². The average molecular weight is 254 g/mol. The molecule has 1 aliphatic rings. The molecule has 0 spiro atoms. The van der Waals surface area contributed by atoms with Gasteiger partial charge in [-0.15, -0.1) is 0 Å². The second-order valence-electron chi connectivity index (χ2n) is 4.22. The largest absolute Gasteiger partial charge is 0.478 e. The van der Waals surface area contributed by atoms with E-state index in [4.69, 9.17) is 14.6 Å². The summed E-state index contributed by atoms with van der Waals surface area (Å²) in [6.45, 7) is 6.58. The lowest BCUT2D eigenvalue weighted by atomic mass is 10.2. The van der Waals surface area contributed by atoms with Crippen LogP contribution in [0.2, 0.25) is 0 Å². The van der Waals surface area contributed by atoms with Gasteiger partial charge in [-0.2, -0.15) is 0 Å². The Bertz CT molecular complexity index is 366. The minimum atomic E-state index is -1.12. The van der Waals surface area contributed by atoms with Crippen LogP contribution in [0.15, 0.2) is 24.3 Å². The van der Waals surface area contributed by atoms with Crippen LogP contribution in [-0.2, 0) is 19.1 Å². The van der Waals surface area contributed by atoms with Gasteiger partial charge in [0.2, 0.25) is 0 Å². The highest BCUT2D eigenvalue weighted by molar-refractivity contribution is 5.93. The van der Waals surface area contributed by atoms with Crippen LogP contribution in [0.3, 0.4) is 0 Å². The van der Waals surface area contributed by atoms with Gasteiger partial charge in [0.1, 0.15) is 5.60 Å². The zero-order valence-electron chi connectivity index (χ0n) is 10.5. The van der Waals surface area contributed by atoms with Gasteiger partial charge in [0.25, 0.3) is 0 Å². The van der Waals surface area contributed by atoms with E-state index >= 15 is 0 Å². The maximum absolute atomic E-state index is 11.6. The van der Waals surface area contributed by atoms with E-state index in [2.05, 4.69) is 6.58 Å². The molecule has 0 aromatic rings. The molecule has 1 fully saturated rings. The van der Waals surface area contributed by atoms with Gasteiger partial charge in [-0.3, -0.25) is 0 Å². The van der Waals surface area contributed by atoms with E-state index in [1.54, 1.807) is 0 Å². The van der Waals surface area contributed by atoms with Crippen LogP contribution >= 0.6 is 0 Å². The summed E-state index contributed by atoms with van der Waals surface area (Å²) in [5.74, 6) is -1.69. The Morgan fingerprint density at radius 3 is 2.56 bits per heavy atom. The van der Waals surface area contributed by atoms with Gasteiger partial charge in [0, 0.05) is 19.1 Å². The van der Waals surface area contributed by atoms with Gasteiger partial charge >= 0.3 is 11.9 Å². The maximum Gasteiger partial charge on any atom is 0.338 e. The van der Waals surface area contributed by atoms with Crippen molar-refractivity contribution in [1.29, 1.82) is 0 Å². The first-order chi connectivity index (χ1) is 8.49. The first kappa shape index (κ1) is 14.4. The molecule has 0 heterocycles. The quantitative estimate of drug-likeness (QED) is 0.309. The number of hydrogen-bond donors (Lipinski definition) is 1. The standard InChI is InChI=1S/C13H18O5/c1-3-17-9-8-13(6-7-13)18-12(16)10(2)4-5-11(14)15/h4-5H,2-3,6-9H2,1H3,(H,14,15). The summed E-state index contributed by atoms with van der Waals surface area (Å²) >= 11 is 0. The fourth-order valence-corrected chi connectivity index (χ4v) is 1.45. The summed E-state index contributed by atoms with van der Waals surface area (Å²) in [5, 5.41) is 8.44. The predicted octanol–water partition coefficient (Wildman–Crippen LogP) is 1.69. The molecule has 1 rings (SSSR count). The Hall–Kier alpha value is -1.62. The number of esters is 1. The molecule has 0 aromatic carbocycles. The summed E-state index contributed by atoms with van der Waals surface area (Å²) in [6.07, 6.45) is 4.32. The van der Waals surface area contributed by atoms with E-state index in [9.17, 15) is 9.59 Å². The summed E-state index contributed by atoms with van der Waals surface area (Å²) < 4.78 is 10.6. The summed E-state index contributed by atoms with van der Waals surface area (Å²) in [7, 11) is 0. The topological polar surface area (TPSA) is 72.8 Å². The van der Waals surface area contributed by atoms with Crippen molar-refractivity contribution in [3.63, 3.8) is 0 Å². The van der Waals surface area contributed by atoms with Crippen molar-refractivity contribution in [2.75, 3.05) is 13.2 Å². The van der Waals surface area contributed by atoms with Crippen LogP contribution in [-0.4, -0.2) is 35.9 Å². The van der Waals surface area contributed by atoms with Crippen LogP contribution in [0, 0.1) is 0 Å². The molecule has 0 radical (unpaired) electrons. The summed E-state index contributed by atoms with van der Waals surface area (Å²) in [5.41, 5.74) is -0.383. The Kier molecular flexibility index (Phi) is 5.09. The fourth-order valence-electron chi connectivity index (χ4n) is 1.45. The smallest absolute Gasteiger partial charge is 0.338 e. The zero-order chi connectivity index (χ0) is 13.6. The van der Waals surface area contributed by atoms with E-state index in [1.807, 2.05) is 6.92 Å². The number of carboxylic acids is 1. The monoisotopic (exact) mass is 254 g/mol. The van der Waals surface area contributed by atoms with Crippen molar-refractivity contribution in [3.8, 4) is 0 Å². The number of rotatable bonds is 8. The van der Waals surface area contributed by atoms with E-state index in [0.29, 0.717) is 19.6 Å². The van der Waals surface area contributed by atoms with Crippen molar-refractivity contribution < 1.29 is 24.2 Å². The molecule has 0 atom stereocenters. The molecule has 0 amide bonds. The molecule has 5 nitrogen and oxygen atoms in total. The van der Waals surface area contributed by atoms with Crippen molar-refractivity contribution in [2.45, 2.75) is 31.8 Å². The maximum atomic E-state index is 11.6. The van der Waals surface area contributed by atoms with Crippen LogP contribution < -0.4 is 0 Å². The predicted molar refractivity (Wildman–Crippen MR) is 65.1 cm³/mol. The highest BCUT2D eigenvalue weighted by Crippen LogP contribution is 2.43. The Labute approximate surface area is 106 Å². The first-order valence-corrected chi connectivity index (χ1v) is 5.90. The van der Waals surface area contributed by atoms with Gasteiger partial charge in [0.15, 0.2) is 0 Å². The minimum absolute atomic E-state index is 0.0417. The normalized spacial score (nSPS) is 16.5. The van der Waals surface area contributed by atoms with Crippen molar-refractivity contribution in [1.82, 2.24) is 0 Å². The number of ether oxygens (including phenoxy) is 2. The zero-order valence-corrected chi connectivity index (χ0v) is 10.5. The van der Waals surface area contributed by atoms with Crippen LogP contribution in [0.4, 0.5) is 0 Å². The molecular formula is C13H18O5. The summed E-state index contributed by atoms with van der Waals surface area (Å²) in [6, 6.07) is 0. The number of aliphatic carboxylic acids is 1. The lowest BCUT2D eigenvalue weighted by Gasteiger charge is -2.16. The van der Waals surface area contributed by atoms with Crippen LogP contribution in [0.25, 0.3) is 0 Å². The van der Waals surface area contributed by atoms with Gasteiger partial charge in [0.05, 0.1) is 12.2 Å². The number of carbonyl (C=O) groups is 2. The number of carboxylic acid groups (broad SMARTS) is 1. The Balaban J connectivity index is 2.39. The van der Waals surface area contributed by atoms with Gasteiger partial charge in [-0.25, -0.2) is 9.59 Å². The van der Waals surface area contributed by atoms with E-state index in [1.165, 1.54) is 0 Å². The number of hydrogen-bond acceptors (Lipinski definition) is 4. The van der Waals surface area contributed by atoms with Gasteiger partial charge < -0.3 is 14.6 Å². The molecule has 18 heavy (non-hydrogen) atoms. The van der Waals surface area contributed by atoms with Gasteiger partial charge in [-0.05, 0) is 25.8 Å². The molecular weight excluding hydrogens is 236 g/mol. The third-order valence-electron chi connectivity index (χ3n) is 2.71. The molecule has 100 valence electrons. The molecule has 0 bridgehead atoms. The highest BCUT2D eigenvalue weighted by Gasteiger charge is 2.46. The molecule has 1 aliphatic carbocycles. The fraction of sp³-hybridized carbons (Fsp3) is 0.538. The molecule has 0 saturated heterocycles. The average Bonchev–Trinajstić information content (AvgIpc) is 3.06. The molecule has 5 heteroatoms. The third kappa shape index (κ3) is 4.71. The molecule has 0 unspecified atom stereocenters.